The van der Waals surface area contributed by atoms with Crippen LogP contribution in [0.3, 0.4) is 0 Å². The summed E-state index contributed by atoms with van der Waals surface area (Å²) in [6.07, 6.45) is 6.19. The second kappa shape index (κ2) is 10.8. The fourth-order valence-electron chi connectivity index (χ4n) is 5.75. The molecule has 0 bridgehead atoms. The Labute approximate surface area is 208 Å². The van der Waals surface area contributed by atoms with Gasteiger partial charge in [0.05, 0.1) is 18.7 Å². The molecule has 0 N–H and O–H groups in total. The molecule has 0 radical (unpaired) electrons. The highest BCUT2D eigenvalue weighted by Gasteiger charge is 2.33. The van der Waals surface area contributed by atoms with Gasteiger partial charge in [0.15, 0.2) is 17.3 Å². The lowest BCUT2D eigenvalue weighted by Gasteiger charge is -2.31. The fraction of sp³-hybridized carbons (Fsp3) is 0.517. The Bertz CT molecular complexity index is 1070. The number of Topliss-reactive ketones (excluding diaryl/α,β-unsaturated/α-hetero) is 1. The Morgan fingerprint density at radius 1 is 1.03 bits per heavy atom. The summed E-state index contributed by atoms with van der Waals surface area (Å²) in [4.78, 5) is 29.7. The number of carbonyl (C=O) groups excluding carboxylic acids is 2. The van der Waals surface area contributed by atoms with Crippen LogP contribution in [0.2, 0.25) is 0 Å². The predicted octanol–water partition coefficient (Wildman–Crippen LogP) is 4.67. The Hall–Kier alpha value is -2.86. The van der Waals surface area contributed by atoms with E-state index in [-0.39, 0.29) is 11.7 Å². The first-order chi connectivity index (χ1) is 17.1. The molecule has 186 valence electrons. The summed E-state index contributed by atoms with van der Waals surface area (Å²) < 4.78 is 11.6. The molecule has 0 unspecified atom stereocenters. The second-order valence-electron chi connectivity index (χ2n) is 9.94. The first-order valence-corrected chi connectivity index (χ1v) is 13.2. The van der Waals surface area contributed by atoms with Gasteiger partial charge in [-0.2, -0.15) is 0 Å². The van der Waals surface area contributed by atoms with Crippen molar-refractivity contribution in [3.63, 3.8) is 0 Å². The van der Waals surface area contributed by atoms with E-state index in [9.17, 15) is 9.59 Å². The van der Waals surface area contributed by atoms with Crippen LogP contribution >= 0.6 is 0 Å². The van der Waals surface area contributed by atoms with Gasteiger partial charge in [-0.25, -0.2) is 0 Å². The summed E-state index contributed by atoms with van der Waals surface area (Å²) in [5.41, 5.74) is 4.13. The average Bonchev–Trinajstić information content (AvgIpc) is 3.21. The summed E-state index contributed by atoms with van der Waals surface area (Å²) >= 11 is 0. The minimum absolute atomic E-state index is 0.182. The Morgan fingerprint density at radius 2 is 1.77 bits per heavy atom. The van der Waals surface area contributed by atoms with Crippen molar-refractivity contribution >= 4 is 17.4 Å². The minimum Gasteiger partial charge on any atom is -0.490 e. The van der Waals surface area contributed by atoms with Crippen LogP contribution in [0.15, 0.2) is 36.4 Å². The number of hydrogen-bond donors (Lipinski definition) is 0. The number of ketones is 1. The SMILES string of the molecule is CCOc1ccccc1OCCN1CCC(CCC(=O)c2cc3c4c(c2)CC(=O)N4CCC3)CC1. The molecule has 5 rings (SSSR count). The van der Waals surface area contributed by atoms with Gasteiger partial charge in [0.2, 0.25) is 5.91 Å². The fourth-order valence-corrected chi connectivity index (χ4v) is 5.75. The predicted molar refractivity (Wildman–Crippen MR) is 137 cm³/mol. The largest absolute Gasteiger partial charge is 0.490 e. The number of likely N-dealkylation sites (tertiary alicyclic amines) is 1. The smallest absolute Gasteiger partial charge is 0.231 e. The van der Waals surface area contributed by atoms with E-state index in [1.807, 2.05) is 42.2 Å². The van der Waals surface area contributed by atoms with E-state index in [4.69, 9.17) is 9.47 Å². The van der Waals surface area contributed by atoms with Gasteiger partial charge in [-0.05, 0) is 93.4 Å². The van der Waals surface area contributed by atoms with E-state index in [0.717, 1.165) is 86.6 Å². The van der Waals surface area contributed by atoms with Gasteiger partial charge < -0.3 is 14.4 Å². The number of para-hydroxylation sites is 2. The highest BCUT2D eigenvalue weighted by atomic mass is 16.5. The van der Waals surface area contributed by atoms with Crippen molar-refractivity contribution in [3.8, 4) is 11.5 Å². The molecule has 0 atom stereocenters. The van der Waals surface area contributed by atoms with Crippen molar-refractivity contribution in [1.29, 1.82) is 0 Å². The molecule has 0 spiro atoms. The summed E-state index contributed by atoms with van der Waals surface area (Å²) in [7, 11) is 0. The van der Waals surface area contributed by atoms with Crippen molar-refractivity contribution in [3.05, 3.63) is 53.1 Å². The van der Waals surface area contributed by atoms with Crippen molar-refractivity contribution in [2.75, 3.05) is 44.3 Å². The topological polar surface area (TPSA) is 59.1 Å². The van der Waals surface area contributed by atoms with Crippen LogP contribution in [-0.4, -0.2) is 56.0 Å². The van der Waals surface area contributed by atoms with E-state index < -0.39 is 0 Å². The molecule has 0 aliphatic carbocycles. The molecule has 1 saturated heterocycles. The van der Waals surface area contributed by atoms with Gasteiger partial charge in [-0.3, -0.25) is 14.5 Å². The number of aryl methyl sites for hydroxylation is 1. The van der Waals surface area contributed by atoms with Gasteiger partial charge in [0.25, 0.3) is 0 Å². The highest BCUT2D eigenvalue weighted by Crippen LogP contribution is 2.38. The van der Waals surface area contributed by atoms with E-state index in [1.165, 1.54) is 5.56 Å². The minimum atomic E-state index is 0.182. The number of anilines is 1. The van der Waals surface area contributed by atoms with Gasteiger partial charge in [0.1, 0.15) is 6.61 Å². The molecule has 1 fully saturated rings. The lowest BCUT2D eigenvalue weighted by atomic mass is 9.89. The first kappa shape index (κ1) is 23.9. The third-order valence-corrected chi connectivity index (χ3v) is 7.63. The van der Waals surface area contributed by atoms with Crippen LogP contribution in [0, 0.1) is 5.92 Å². The number of ether oxygens (including phenoxy) is 2. The molecule has 0 saturated carbocycles. The average molecular weight is 477 g/mol. The molecular weight excluding hydrogens is 440 g/mol. The van der Waals surface area contributed by atoms with E-state index in [2.05, 4.69) is 11.0 Å². The molecular formula is C29H36N2O4. The Morgan fingerprint density at radius 3 is 2.54 bits per heavy atom. The molecule has 1 amide bonds. The van der Waals surface area contributed by atoms with Crippen molar-refractivity contribution in [2.24, 2.45) is 5.92 Å². The number of amides is 1. The lowest BCUT2D eigenvalue weighted by molar-refractivity contribution is -0.117. The number of benzene rings is 2. The molecule has 35 heavy (non-hydrogen) atoms. The molecule has 2 aromatic carbocycles. The first-order valence-electron chi connectivity index (χ1n) is 13.2. The number of nitrogens with zero attached hydrogens (tertiary/aromatic N) is 2. The monoisotopic (exact) mass is 476 g/mol. The molecule has 2 aromatic rings. The third-order valence-electron chi connectivity index (χ3n) is 7.63. The van der Waals surface area contributed by atoms with Crippen LogP contribution in [0.4, 0.5) is 5.69 Å². The van der Waals surface area contributed by atoms with Crippen LogP contribution in [0.1, 0.15) is 60.5 Å². The maximum atomic E-state index is 13.0. The quantitative estimate of drug-likeness (QED) is 0.466. The zero-order valence-electron chi connectivity index (χ0n) is 20.8. The van der Waals surface area contributed by atoms with Crippen molar-refractivity contribution < 1.29 is 19.1 Å². The van der Waals surface area contributed by atoms with Crippen LogP contribution < -0.4 is 14.4 Å². The highest BCUT2D eigenvalue weighted by molar-refractivity contribution is 6.05. The van der Waals surface area contributed by atoms with Crippen LogP contribution in [0.5, 0.6) is 11.5 Å². The van der Waals surface area contributed by atoms with Crippen LogP contribution in [0.25, 0.3) is 0 Å². The number of rotatable bonds is 10. The Balaban J connectivity index is 1.06. The number of hydrogen-bond acceptors (Lipinski definition) is 5. The Kier molecular flexibility index (Phi) is 7.37. The maximum Gasteiger partial charge on any atom is 0.231 e. The summed E-state index contributed by atoms with van der Waals surface area (Å²) in [5.74, 6) is 2.61. The van der Waals surface area contributed by atoms with Crippen molar-refractivity contribution in [1.82, 2.24) is 4.90 Å². The zero-order chi connectivity index (χ0) is 24.2. The lowest BCUT2D eigenvalue weighted by Crippen LogP contribution is -2.36. The normalized spacial score (nSPS) is 18.0. The van der Waals surface area contributed by atoms with E-state index >= 15 is 0 Å². The standard InChI is InChI=1S/C29H36N2O4/c1-2-34-26-7-3-4-8-27(26)35-17-16-30-14-11-21(12-15-30)9-10-25(32)23-18-22-6-5-13-31-28(33)20-24(19-23)29(22)31/h3-4,7-8,18-19,21H,2,5-6,9-17,20H2,1H3. The van der Waals surface area contributed by atoms with Crippen molar-refractivity contribution in [2.45, 2.75) is 51.9 Å². The summed E-state index contributed by atoms with van der Waals surface area (Å²) in [6.45, 7) is 7.08. The molecule has 3 aliphatic heterocycles. The summed E-state index contributed by atoms with van der Waals surface area (Å²) in [5, 5.41) is 0. The molecule has 6 heteroatoms. The van der Waals surface area contributed by atoms with Gasteiger partial charge >= 0.3 is 0 Å². The van der Waals surface area contributed by atoms with Gasteiger partial charge in [0, 0.05) is 25.1 Å². The van der Waals surface area contributed by atoms with Gasteiger partial charge in [-0.1, -0.05) is 12.1 Å². The molecule has 3 heterocycles. The van der Waals surface area contributed by atoms with E-state index in [0.29, 0.717) is 32.0 Å². The number of carbonyl (C=O) groups is 2. The van der Waals surface area contributed by atoms with E-state index in [1.54, 1.807) is 0 Å². The molecule has 3 aliphatic rings. The second-order valence-corrected chi connectivity index (χ2v) is 9.94. The van der Waals surface area contributed by atoms with Gasteiger partial charge in [-0.15, -0.1) is 0 Å². The zero-order valence-corrected chi connectivity index (χ0v) is 20.8. The molecule has 6 nitrogen and oxygen atoms in total. The summed E-state index contributed by atoms with van der Waals surface area (Å²) in [6, 6.07) is 11.9. The maximum absolute atomic E-state index is 13.0. The number of piperidine rings is 1. The molecule has 0 aromatic heterocycles. The van der Waals surface area contributed by atoms with Crippen LogP contribution in [-0.2, 0) is 17.6 Å². The third kappa shape index (κ3) is 5.37.